The van der Waals surface area contributed by atoms with Crippen molar-refractivity contribution in [3.8, 4) is 23.0 Å². The molecule has 0 atom stereocenters. The molecule has 0 radical (unpaired) electrons. The van der Waals surface area contributed by atoms with Gasteiger partial charge in [0.1, 0.15) is 11.6 Å². The van der Waals surface area contributed by atoms with Gasteiger partial charge < -0.3 is 23.8 Å². The molecule has 0 aliphatic heterocycles. The molecular weight excluding hydrogens is 807 g/mol. The molecule has 310 valence electrons. The summed E-state index contributed by atoms with van der Waals surface area (Å²) in [5, 5.41) is 72.4. The van der Waals surface area contributed by atoms with Crippen LogP contribution < -0.4 is 14.4 Å². The minimum Gasteiger partial charge on any atom is -0.440 e. The first-order valence-corrected chi connectivity index (χ1v) is 16.6. The molecule has 26 heteroatoms. The van der Waals surface area contributed by atoms with E-state index in [1.165, 1.54) is 24.1 Å². The zero-order valence-electron chi connectivity index (χ0n) is 31.2. The normalized spacial score (nSPS) is 10.9. The first-order valence-electron chi connectivity index (χ1n) is 16.6. The minimum absolute atomic E-state index is 0.0842. The molecule has 0 aliphatic rings. The highest BCUT2D eigenvalue weighted by Crippen LogP contribution is 2.51. The summed E-state index contributed by atoms with van der Waals surface area (Å²) in [5.41, 5.74) is -8.77. The first-order chi connectivity index (χ1) is 28.2. The molecule has 5 rings (SSSR count). The van der Waals surface area contributed by atoms with Crippen molar-refractivity contribution in [1.82, 2.24) is 14.5 Å². The molecule has 4 aromatic carbocycles. The third kappa shape index (κ3) is 8.71. The van der Waals surface area contributed by atoms with E-state index in [-0.39, 0.29) is 24.5 Å². The zero-order chi connectivity index (χ0) is 44.3. The number of non-ortho nitro benzene ring substituents is 2. The van der Waals surface area contributed by atoms with Crippen LogP contribution in [0.4, 0.5) is 44.2 Å². The molecule has 0 aliphatic carbocycles. The summed E-state index contributed by atoms with van der Waals surface area (Å²) < 4.78 is 28.5. The number of aromatic nitrogens is 2. The molecule has 0 spiro atoms. The molecule has 60 heavy (non-hydrogen) atoms. The van der Waals surface area contributed by atoms with Crippen molar-refractivity contribution in [1.29, 1.82) is 0 Å². The van der Waals surface area contributed by atoms with E-state index in [4.69, 9.17) is 9.47 Å². The van der Waals surface area contributed by atoms with Crippen molar-refractivity contribution >= 4 is 45.6 Å². The van der Waals surface area contributed by atoms with E-state index in [1.807, 2.05) is 4.90 Å². The van der Waals surface area contributed by atoms with Gasteiger partial charge in [-0.25, -0.2) is 9.37 Å². The number of nitro benzene ring substituents is 6. The number of hydrogen-bond acceptors (Lipinski definition) is 18. The molecule has 0 unspecified atom stereocenters. The van der Waals surface area contributed by atoms with Crippen molar-refractivity contribution in [2.45, 2.75) is 20.1 Å². The fourth-order valence-corrected chi connectivity index (χ4v) is 5.74. The van der Waals surface area contributed by atoms with Crippen LogP contribution in [0.15, 0.2) is 66.9 Å². The lowest BCUT2D eigenvalue weighted by Crippen LogP contribution is -2.25. The predicted molar refractivity (Wildman–Crippen MR) is 202 cm³/mol. The highest BCUT2D eigenvalue weighted by Gasteiger charge is 2.38. The van der Waals surface area contributed by atoms with Crippen molar-refractivity contribution < 1.29 is 48.2 Å². The number of aryl methyl sites for hydroxylation is 1. The van der Waals surface area contributed by atoms with Gasteiger partial charge in [-0.2, -0.15) is 0 Å². The monoisotopic (exact) mass is 834 g/mol. The van der Waals surface area contributed by atoms with Gasteiger partial charge >= 0.3 is 22.7 Å². The van der Waals surface area contributed by atoms with Gasteiger partial charge in [0.2, 0.25) is 0 Å². The molecule has 0 saturated carbocycles. The molecule has 0 N–H and O–H groups in total. The average molecular weight is 835 g/mol. The highest BCUT2D eigenvalue weighted by molar-refractivity contribution is 6.12. The maximum Gasteiger partial charge on any atom is 0.325 e. The Morgan fingerprint density at radius 1 is 0.683 bits per heavy atom. The number of ketones is 1. The number of nitrogens with zero attached hydrogens (tertiary/aromatic N) is 10. The lowest BCUT2D eigenvalue weighted by molar-refractivity contribution is -0.404. The van der Waals surface area contributed by atoms with E-state index in [0.29, 0.717) is 30.2 Å². The fraction of sp³-hybridized carbons (Fsp3) is 0.176. The lowest BCUT2D eigenvalue weighted by atomic mass is 10.00. The van der Waals surface area contributed by atoms with Crippen LogP contribution in [0, 0.1) is 73.4 Å². The number of nitro groups is 6. The Morgan fingerprint density at radius 2 is 1.17 bits per heavy atom. The molecule has 0 amide bonds. The topological polar surface area (TPSA) is 319 Å². The summed E-state index contributed by atoms with van der Waals surface area (Å²) in [6, 6.07) is 7.51. The Hall–Kier alpha value is -8.55. The third-order valence-electron chi connectivity index (χ3n) is 8.51. The number of carbonyl (C=O) groups is 1. The molecule has 0 saturated heterocycles. The fourth-order valence-electron chi connectivity index (χ4n) is 5.74. The third-order valence-corrected chi connectivity index (χ3v) is 8.51. The van der Waals surface area contributed by atoms with Crippen LogP contribution in [-0.4, -0.2) is 70.9 Å². The number of hydrogen-bond donors (Lipinski definition) is 0. The molecule has 0 fully saturated rings. The summed E-state index contributed by atoms with van der Waals surface area (Å²) in [6.07, 6.45) is 1.58. The molecule has 0 bridgehead atoms. The van der Waals surface area contributed by atoms with Gasteiger partial charge in [-0.15, -0.1) is 0 Å². The molecule has 25 nitrogen and oxygen atoms in total. The van der Waals surface area contributed by atoms with Crippen molar-refractivity contribution in [2.24, 2.45) is 0 Å². The number of imidazole rings is 1. The summed E-state index contributed by atoms with van der Waals surface area (Å²) in [4.78, 5) is 86.8. The van der Waals surface area contributed by atoms with Crippen LogP contribution in [0.3, 0.4) is 0 Å². The van der Waals surface area contributed by atoms with Gasteiger partial charge in [0.05, 0.1) is 77.3 Å². The summed E-state index contributed by atoms with van der Waals surface area (Å²) in [5.74, 6) is -6.68. The van der Waals surface area contributed by atoms with E-state index in [9.17, 15) is 65.5 Å². The Balaban J connectivity index is 1.92. The molecule has 1 heterocycles. The van der Waals surface area contributed by atoms with Gasteiger partial charge in [0.25, 0.3) is 22.9 Å². The van der Waals surface area contributed by atoms with Crippen LogP contribution in [0.2, 0.25) is 0 Å². The molecular formula is C34H27FN10O15. The number of rotatable bonds is 17. The summed E-state index contributed by atoms with van der Waals surface area (Å²) in [7, 11) is 5.03. The van der Waals surface area contributed by atoms with Crippen LogP contribution >= 0.6 is 0 Å². The summed E-state index contributed by atoms with van der Waals surface area (Å²) >= 11 is 0. The average Bonchev–Trinajstić information content (AvgIpc) is 3.51. The van der Waals surface area contributed by atoms with Crippen molar-refractivity contribution in [2.75, 3.05) is 26.0 Å². The minimum atomic E-state index is -1.41. The van der Waals surface area contributed by atoms with E-state index < -0.39 is 109 Å². The summed E-state index contributed by atoms with van der Waals surface area (Å²) in [6.45, 7) is 1.97. The van der Waals surface area contributed by atoms with Gasteiger partial charge in [-0.1, -0.05) is 12.1 Å². The SMILES string of the molecule is Cc1ncc(CN(C)C)n1CN(C)c1cc(Oc2c([N+](=O)[O-])cc([N+](=O)[O-])cc2[N+](=O)[O-])c(Oc2c([N+](=O)[O-])cc([N+](=O)[O-])cc2[N+](=O)[O-])c(C(=O)c2ccccc2F)c1. The van der Waals surface area contributed by atoms with E-state index in [0.717, 1.165) is 24.3 Å². The standard InChI is InChI=1S/C34H27FN10O15/c1-18-36-15-22(16-37(2)3)39(18)17-38(4)19-9-24(31(46)23-7-5-6-8-25(23)35)32(60-34-28(44(55)56)12-21(41(49)50)13-29(34)45(57)58)30(14-19)59-33-26(42(51)52)10-20(40(47)48)11-27(33)43(53)54/h5-15H,16-17H2,1-4H3. The maximum atomic E-state index is 15.3. The van der Waals surface area contributed by atoms with Crippen LogP contribution in [0.1, 0.15) is 27.4 Å². The number of anilines is 1. The maximum absolute atomic E-state index is 15.3. The van der Waals surface area contributed by atoms with E-state index in [1.54, 1.807) is 31.8 Å². The number of benzene rings is 4. The number of carbonyl (C=O) groups excluding carboxylic acids is 1. The van der Waals surface area contributed by atoms with E-state index >= 15 is 4.39 Å². The Kier molecular flexibility index (Phi) is 12.0. The largest absolute Gasteiger partial charge is 0.440 e. The van der Waals surface area contributed by atoms with Gasteiger partial charge in [0, 0.05) is 31.5 Å². The zero-order valence-corrected chi connectivity index (χ0v) is 31.2. The molecule has 5 aromatic rings. The van der Waals surface area contributed by atoms with Crippen molar-refractivity contribution in [3.63, 3.8) is 0 Å². The highest BCUT2D eigenvalue weighted by atomic mass is 19.1. The van der Waals surface area contributed by atoms with Crippen LogP contribution in [0.25, 0.3) is 0 Å². The van der Waals surface area contributed by atoms with Gasteiger partial charge in [-0.3, -0.25) is 65.5 Å². The Morgan fingerprint density at radius 3 is 1.62 bits per heavy atom. The molecule has 1 aromatic heterocycles. The Labute approximate surface area is 333 Å². The second-order valence-corrected chi connectivity index (χ2v) is 12.8. The van der Waals surface area contributed by atoms with Crippen LogP contribution in [0.5, 0.6) is 23.0 Å². The predicted octanol–water partition coefficient (Wildman–Crippen LogP) is 6.75. The second kappa shape index (κ2) is 16.9. The van der Waals surface area contributed by atoms with Gasteiger partial charge in [-0.05, 0) is 39.2 Å². The first kappa shape index (κ1) is 42.6. The number of ether oxygens (including phenoxy) is 2. The van der Waals surface area contributed by atoms with Crippen molar-refractivity contribution in [3.05, 3.63) is 156 Å². The Bertz CT molecular complexity index is 2580. The van der Waals surface area contributed by atoms with Crippen LogP contribution in [-0.2, 0) is 13.2 Å². The second-order valence-electron chi connectivity index (χ2n) is 12.8. The quantitative estimate of drug-likeness (QED) is 0.0531. The number of halogens is 1. The smallest absolute Gasteiger partial charge is 0.325 e. The lowest BCUT2D eigenvalue weighted by Gasteiger charge is -2.25. The van der Waals surface area contributed by atoms with E-state index in [2.05, 4.69) is 4.98 Å². The van der Waals surface area contributed by atoms with Gasteiger partial charge in [0.15, 0.2) is 17.3 Å².